The first-order valence-corrected chi connectivity index (χ1v) is 8.93. The molecule has 0 atom stereocenters. The van der Waals surface area contributed by atoms with Crippen LogP contribution in [0.25, 0.3) is 0 Å². The number of hydrogen-bond acceptors (Lipinski definition) is 2. The van der Waals surface area contributed by atoms with Crippen molar-refractivity contribution in [2.75, 3.05) is 25.0 Å². The molecule has 0 saturated carbocycles. The number of benzene rings is 1. The minimum Gasteiger partial charge on any atom is -0.377 e. The first kappa shape index (κ1) is 15.0. The third kappa shape index (κ3) is 3.49. The number of carbonyl (C=O) groups excluding carboxylic acids is 1. The largest absolute Gasteiger partial charge is 0.377 e. The Morgan fingerprint density at radius 2 is 1.81 bits per heavy atom. The van der Waals surface area contributed by atoms with E-state index in [0.717, 1.165) is 50.7 Å². The summed E-state index contributed by atoms with van der Waals surface area (Å²) >= 11 is 3.38. The summed E-state index contributed by atoms with van der Waals surface area (Å²) in [5.41, 5.74) is 2.71. The molecule has 3 rings (SSSR count). The zero-order chi connectivity index (χ0) is 14.7. The Labute approximate surface area is 134 Å². The summed E-state index contributed by atoms with van der Waals surface area (Å²) in [4.78, 5) is 14.7. The number of alkyl halides is 1. The highest BCUT2D eigenvalue weighted by atomic mass is 79.9. The number of halogens is 1. The van der Waals surface area contributed by atoms with Gasteiger partial charge in [0.2, 0.25) is 5.91 Å². The average Bonchev–Trinajstić information content (AvgIpc) is 2.96. The molecule has 1 aromatic rings. The number of ether oxygens (including phenoxy) is 1. The van der Waals surface area contributed by atoms with Crippen molar-refractivity contribution in [1.29, 1.82) is 0 Å². The highest BCUT2D eigenvalue weighted by Crippen LogP contribution is 2.28. The van der Waals surface area contributed by atoms with Crippen LogP contribution in [0, 0.1) is 5.92 Å². The van der Waals surface area contributed by atoms with Crippen LogP contribution in [0.3, 0.4) is 0 Å². The maximum absolute atomic E-state index is 12.7. The molecule has 1 heterocycles. The van der Waals surface area contributed by atoms with E-state index in [9.17, 15) is 4.79 Å². The minimum absolute atomic E-state index is 0.155. The van der Waals surface area contributed by atoms with Gasteiger partial charge in [0.05, 0.1) is 12.7 Å². The smallest absolute Gasteiger partial charge is 0.226 e. The maximum atomic E-state index is 12.7. The molecule has 1 aliphatic carbocycles. The Kier molecular flexibility index (Phi) is 4.96. The number of hydrogen-bond donors (Lipinski definition) is 0. The average molecular weight is 352 g/mol. The summed E-state index contributed by atoms with van der Waals surface area (Å²) < 4.78 is 5.75. The fourth-order valence-electron chi connectivity index (χ4n) is 3.45. The van der Waals surface area contributed by atoms with Crippen LogP contribution in [0.2, 0.25) is 0 Å². The Balaban J connectivity index is 1.52. The summed E-state index contributed by atoms with van der Waals surface area (Å²) in [5.74, 6) is 0.493. The standard InChI is InChI=1S/C17H22BrNO2/c18-7-10-21-16-5-8-19(9-6-16)17(20)15-11-13-3-1-2-4-14(13)12-15/h1-4,15-16H,5-12H2. The van der Waals surface area contributed by atoms with Crippen LogP contribution < -0.4 is 0 Å². The van der Waals surface area contributed by atoms with Crippen molar-refractivity contribution in [3.05, 3.63) is 35.4 Å². The van der Waals surface area contributed by atoms with Gasteiger partial charge in [0.15, 0.2) is 0 Å². The van der Waals surface area contributed by atoms with Gasteiger partial charge in [-0.15, -0.1) is 0 Å². The van der Waals surface area contributed by atoms with Gasteiger partial charge in [0, 0.05) is 24.3 Å². The molecule has 2 aliphatic rings. The second kappa shape index (κ2) is 6.93. The number of rotatable bonds is 4. The summed E-state index contributed by atoms with van der Waals surface area (Å²) in [6.45, 7) is 2.45. The molecule has 0 bridgehead atoms. The predicted octanol–water partition coefficient (Wildman–Crippen LogP) is 2.80. The lowest BCUT2D eigenvalue weighted by atomic mass is 10.0. The van der Waals surface area contributed by atoms with Gasteiger partial charge in [-0.3, -0.25) is 4.79 Å². The first-order chi connectivity index (χ1) is 10.3. The van der Waals surface area contributed by atoms with Crippen molar-refractivity contribution in [1.82, 2.24) is 4.90 Å². The number of piperidine rings is 1. The van der Waals surface area contributed by atoms with E-state index < -0.39 is 0 Å². The Morgan fingerprint density at radius 1 is 1.19 bits per heavy atom. The number of fused-ring (bicyclic) bond motifs is 1. The Hall–Kier alpha value is -0.870. The molecule has 1 amide bonds. The lowest BCUT2D eigenvalue weighted by Crippen LogP contribution is -2.44. The SMILES string of the molecule is O=C(C1Cc2ccccc2C1)N1CCC(OCCBr)CC1. The molecule has 114 valence electrons. The molecule has 21 heavy (non-hydrogen) atoms. The van der Waals surface area contributed by atoms with E-state index in [-0.39, 0.29) is 5.92 Å². The van der Waals surface area contributed by atoms with Gasteiger partial charge in [-0.05, 0) is 36.8 Å². The summed E-state index contributed by atoms with van der Waals surface area (Å²) in [5, 5.41) is 0.881. The fraction of sp³-hybridized carbons (Fsp3) is 0.588. The lowest BCUT2D eigenvalue weighted by molar-refractivity contribution is -0.137. The van der Waals surface area contributed by atoms with Crippen molar-refractivity contribution in [3.8, 4) is 0 Å². The predicted molar refractivity (Wildman–Crippen MR) is 86.7 cm³/mol. The first-order valence-electron chi connectivity index (χ1n) is 7.81. The van der Waals surface area contributed by atoms with Gasteiger partial charge in [0.25, 0.3) is 0 Å². The molecule has 1 saturated heterocycles. The topological polar surface area (TPSA) is 29.5 Å². The molecule has 0 aromatic heterocycles. The molecular weight excluding hydrogens is 330 g/mol. The molecule has 0 radical (unpaired) electrons. The van der Waals surface area contributed by atoms with E-state index in [0.29, 0.717) is 12.0 Å². The molecular formula is C17H22BrNO2. The van der Waals surface area contributed by atoms with E-state index in [1.807, 2.05) is 4.90 Å². The number of likely N-dealkylation sites (tertiary alicyclic amines) is 1. The quantitative estimate of drug-likeness (QED) is 0.780. The van der Waals surface area contributed by atoms with Gasteiger partial charge >= 0.3 is 0 Å². The van der Waals surface area contributed by atoms with Crippen LogP contribution in [0.1, 0.15) is 24.0 Å². The second-order valence-corrected chi connectivity index (χ2v) is 6.75. The molecule has 0 spiro atoms. The third-order valence-corrected chi connectivity index (χ3v) is 4.91. The van der Waals surface area contributed by atoms with Crippen molar-refractivity contribution in [2.45, 2.75) is 31.8 Å². The highest BCUT2D eigenvalue weighted by Gasteiger charge is 2.32. The van der Waals surface area contributed by atoms with Crippen LogP contribution in [0.15, 0.2) is 24.3 Å². The van der Waals surface area contributed by atoms with Gasteiger partial charge in [-0.1, -0.05) is 40.2 Å². The highest BCUT2D eigenvalue weighted by molar-refractivity contribution is 9.09. The summed E-state index contributed by atoms with van der Waals surface area (Å²) in [6, 6.07) is 8.45. The van der Waals surface area contributed by atoms with E-state index >= 15 is 0 Å². The summed E-state index contributed by atoms with van der Waals surface area (Å²) in [6.07, 6.45) is 4.09. The number of nitrogens with zero attached hydrogens (tertiary/aromatic N) is 1. The molecule has 0 unspecified atom stereocenters. The zero-order valence-electron chi connectivity index (χ0n) is 12.3. The summed E-state index contributed by atoms with van der Waals surface area (Å²) in [7, 11) is 0. The zero-order valence-corrected chi connectivity index (χ0v) is 13.8. The molecule has 4 heteroatoms. The molecule has 0 N–H and O–H groups in total. The van der Waals surface area contributed by atoms with Crippen molar-refractivity contribution >= 4 is 21.8 Å². The maximum Gasteiger partial charge on any atom is 0.226 e. The van der Waals surface area contributed by atoms with E-state index in [1.54, 1.807) is 0 Å². The van der Waals surface area contributed by atoms with E-state index in [1.165, 1.54) is 11.1 Å². The van der Waals surface area contributed by atoms with E-state index in [2.05, 4.69) is 40.2 Å². The normalized spacial score (nSPS) is 19.8. The van der Waals surface area contributed by atoms with Crippen LogP contribution in [-0.4, -0.2) is 41.9 Å². The Morgan fingerprint density at radius 3 is 2.38 bits per heavy atom. The molecule has 1 aliphatic heterocycles. The van der Waals surface area contributed by atoms with Crippen molar-refractivity contribution in [3.63, 3.8) is 0 Å². The number of carbonyl (C=O) groups is 1. The van der Waals surface area contributed by atoms with Crippen molar-refractivity contribution < 1.29 is 9.53 Å². The number of amides is 1. The van der Waals surface area contributed by atoms with Gasteiger partial charge in [-0.25, -0.2) is 0 Å². The monoisotopic (exact) mass is 351 g/mol. The van der Waals surface area contributed by atoms with E-state index in [4.69, 9.17) is 4.74 Å². The lowest BCUT2D eigenvalue weighted by Gasteiger charge is -2.33. The molecule has 3 nitrogen and oxygen atoms in total. The van der Waals surface area contributed by atoms with Crippen LogP contribution in [0.4, 0.5) is 0 Å². The second-order valence-electron chi connectivity index (χ2n) is 5.96. The molecule has 1 fully saturated rings. The van der Waals surface area contributed by atoms with Crippen molar-refractivity contribution in [2.24, 2.45) is 5.92 Å². The fourth-order valence-corrected chi connectivity index (χ4v) is 3.63. The van der Waals surface area contributed by atoms with Crippen LogP contribution in [-0.2, 0) is 22.4 Å². The Bertz CT molecular complexity index is 472. The minimum atomic E-state index is 0.155. The van der Waals surface area contributed by atoms with Gasteiger partial charge in [-0.2, -0.15) is 0 Å². The van der Waals surface area contributed by atoms with Gasteiger partial charge < -0.3 is 9.64 Å². The van der Waals surface area contributed by atoms with Gasteiger partial charge in [0.1, 0.15) is 0 Å². The van der Waals surface area contributed by atoms with Crippen LogP contribution >= 0.6 is 15.9 Å². The third-order valence-electron chi connectivity index (χ3n) is 4.58. The molecule has 1 aromatic carbocycles. The van der Waals surface area contributed by atoms with Crippen LogP contribution in [0.5, 0.6) is 0 Å².